The lowest BCUT2D eigenvalue weighted by Crippen LogP contribution is -2.54. The van der Waals surface area contributed by atoms with Crippen LogP contribution in [0.15, 0.2) is 0 Å². The van der Waals surface area contributed by atoms with Gasteiger partial charge in [0.1, 0.15) is 0 Å². The molecule has 0 aromatic heterocycles. The van der Waals surface area contributed by atoms with Crippen LogP contribution in [0.2, 0.25) is 0 Å². The summed E-state index contributed by atoms with van der Waals surface area (Å²) in [6, 6.07) is 0. The van der Waals surface area contributed by atoms with Gasteiger partial charge in [-0.05, 0) is 63.5 Å². The normalized spacial score (nSPS) is 25.7. The molecule has 2 N–H and O–H groups in total. The average molecular weight is 266 g/mol. The van der Waals surface area contributed by atoms with E-state index in [1.165, 1.54) is 58.0 Å². The number of hydrogen-bond donors (Lipinski definition) is 1. The van der Waals surface area contributed by atoms with E-state index in [0.29, 0.717) is 0 Å². The molecule has 0 unspecified atom stereocenters. The molecule has 2 heteroatoms. The van der Waals surface area contributed by atoms with Crippen LogP contribution < -0.4 is 5.73 Å². The Morgan fingerprint density at radius 3 is 1.89 bits per heavy atom. The maximum atomic E-state index is 6.34. The number of rotatable bonds is 3. The van der Waals surface area contributed by atoms with Crippen LogP contribution in [0.1, 0.15) is 72.6 Å². The Bertz CT molecular complexity index is 285. The first-order valence-corrected chi connectivity index (χ1v) is 8.26. The third-order valence-corrected chi connectivity index (χ3v) is 6.19. The number of nitrogens with zero attached hydrogens (tertiary/aromatic N) is 1. The molecule has 2 fully saturated rings. The van der Waals surface area contributed by atoms with Crippen molar-refractivity contribution >= 4 is 0 Å². The maximum Gasteiger partial charge on any atom is 0.0161 e. The van der Waals surface area contributed by atoms with Crippen molar-refractivity contribution in [2.45, 2.75) is 78.2 Å². The zero-order valence-electron chi connectivity index (χ0n) is 13.6. The summed E-state index contributed by atoms with van der Waals surface area (Å²) in [6.45, 7) is 12.7. The standard InChI is InChI=1S/C17H34N2/c1-15(2,16(3,4)18)14-19-12-10-17(11-13-19)8-6-5-7-9-17/h5-14,18H2,1-4H3. The van der Waals surface area contributed by atoms with Crippen LogP contribution in [0.3, 0.4) is 0 Å². The van der Waals surface area contributed by atoms with Crippen LogP contribution in [0.4, 0.5) is 0 Å². The molecule has 2 rings (SSSR count). The van der Waals surface area contributed by atoms with Crippen molar-refractivity contribution in [2.75, 3.05) is 19.6 Å². The van der Waals surface area contributed by atoms with Crippen molar-refractivity contribution in [3.8, 4) is 0 Å². The Morgan fingerprint density at radius 1 is 0.895 bits per heavy atom. The Kier molecular flexibility index (Phi) is 4.32. The lowest BCUT2D eigenvalue weighted by atomic mass is 9.67. The molecular weight excluding hydrogens is 232 g/mol. The molecule has 0 amide bonds. The van der Waals surface area contributed by atoms with Gasteiger partial charge in [0.05, 0.1) is 0 Å². The summed E-state index contributed by atoms with van der Waals surface area (Å²) in [5.74, 6) is 0. The van der Waals surface area contributed by atoms with Crippen LogP contribution in [0, 0.1) is 10.8 Å². The largest absolute Gasteiger partial charge is 0.325 e. The smallest absolute Gasteiger partial charge is 0.0161 e. The summed E-state index contributed by atoms with van der Waals surface area (Å²) in [7, 11) is 0. The summed E-state index contributed by atoms with van der Waals surface area (Å²) in [5.41, 5.74) is 7.14. The van der Waals surface area contributed by atoms with Crippen molar-refractivity contribution in [3.05, 3.63) is 0 Å². The van der Waals surface area contributed by atoms with Crippen molar-refractivity contribution in [1.29, 1.82) is 0 Å². The quantitative estimate of drug-likeness (QED) is 0.842. The molecule has 112 valence electrons. The molecule has 2 nitrogen and oxygen atoms in total. The minimum atomic E-state index is -0.104. The van der Waals surface area contributed by atoms with E-state index in [0.717, 1.165) is 12.0 Å². The van der Waals surface area contributed by atoms with Gasteiger partial charge in [-0.2, -0.15) is 0 Å². The van der Waals surface area contributed by atoms with Crippen LogP contribution in [0.25, 0.3) is 0 Å². The van der Waals surface area contributed by atoms with Gasteiger partial charge in [0.15, 0.2) is 0 Å². The zero-order chi connectivity index (χ0) is 14.1. The lowest BCUT2D eigenvalue weighted by molar-refractivity contribution is 0.0334. The van der Waals surface area contributed by atoms with Crippen molar-refractivity contribution in [2.24, 2.45) is 16.6 Å². The van der Waals surface area contributed by atoms with Crippen molar-refractivity contribution in [3.63, 3.8) is 0 Å². The second-order valence-corrected chi connectivity index (χ2v) is 8.44. The predicted octanol–water partition coefficient (Wildman–Crippen LogP) is 3.80. The highest BCUT2D eigenvalue weighted by Crippen LogP contribution is 2.45. The van der Waals surface area contributed by atoms with E-state index < -0.39 is 0 Å². The van der Waals surface area contributed by atoms with Gasteiger partial charge in [-0.3, -0.25) is 0 Å². The molecule has 2 aliphatic rings. The van der Waals surface area contributed by atoms with E-state index in [4.69, 9.17) is 5.73 Å². The molecule has 0 aromatic rings. The Morgan fingerprint density at radius 2 is 1.42 bits per heavy atom. The predicted molar refractivity (Wildman–Crippen MR) is 83.2 cm³/mol. The molecule has 19 heavy (non-hydrogen) atoms. The molecule has 1 aliphatic heterocycles. The molecule has 1 spiro atoms. The molecule has 0 bridgehead atoms. The third kappa shape index (κ3) is 3.52. The van der Waals surface area contributed by atoms with E-state index in [1.807, 2.05) is 0 Å². The minimum absolute atomic E-state index is 0.104. The number of nitrogens with two attached hydrogens (primary N) is 1. The Balaban J connectivity index is 1.86. The zero-order valence-corrected chi connectivity index (χ0v) is 13.6. The highest BCUT2D eigenvalue weighted by Gasteiger charge is 2.39. The molecular formula is C17H34N2. The van der Waals surface area contributed by atoms with Gasteiger partial charge in [-0.15, -0.1) is 0 Å². The molecule has 1 saturated carbocycles. The van der Waals surface area contributed by atoms with Gasteiger partial charge >= 0.3 is 0 Å². The van der Waals surface area contributed by atoms with Gasteiger partial charge in [0.25, 0.3) is 0 Å². The molecule has 0 atom stereocenters. The van der Waals surface area contributed by atoms with Crippen molar-refractivity contribution < 1.29 is 0 Å². The first-order chi connectivity index (χ1) is 8.74. The summed E-state index contributed by atoms with van der Waals surface area (Å²) in [4.78, 5) is 2.66. The van der Waals surface area contributed by atoms with Gasteiger partial charge in [0, 0.05) is 12.1 Å². The highest BCUT2D eigenvalue weighted by molar-refractivity contribution is 4.95. The summed E-state index contributed by atoms with van der Waals surface area (Å²) in [5, 5.41) is 0. The Labute approximate surface area is 120 Å². The second kappa shape index (κ2) is 5.37. The van der Waals surface area contributed by atoms with Crippen LogP contribution >= 0.6 is 0 Å². The summed E-state index contributed by atoms with van der Waals surface area (Å²) >= 11 is 0. The molecule has 0 radical (unpaired) electrons. The van der Waals surface area contributed by atoms with Crippen molar-refractivity contribution in [1.82, 2.24) is 4.90 Å². The number of piperidine rings is 1. The van der Waals surface area contributed by atoms with E-state index in [1.54, 1.807) is 0 Å². The summed E-state index contributed by atoms with van der Waals surface area (Å²) in [6.07, 6.45) is 10.3. The molecule has 1 aliphatic carbocycles. The average Bonchev–Trinajstić information content (AvgIpc) is 2.32. The fourth-order valence-electron chi connectivity index (χ4n) is 3.75. The lowest BCUT2D eigenvalue weighted by Gasteiger charge is -2.48. The van der Waals surface area contributed by atoms with Gasteiger partial charge in [0.2, 0.25) is 0 Å². The first kappa shape index (κ1) is 15.3. The molecule has 0 aromatic carbocycles. The van der Waals surface area contributed by atoms with Gasteiger partial charge in [-0.25, -0.2) is 0 Å². The monoisotopic (exact) mass is 266 g/mol. The van der Waals surface area contributed by atoms with E-state index >= 15 is 0 Å². The SMILES string of the molecule is CC(C)(N)C(C)(C)CN1CCC2(CCCCC2)CC1. The van der Waals surface area contributed by atoms with Gasteiger partial charge in [-0.1, -0.05) is 33.1 Å². The van der Waals surface area contributed by atoms with Crippen LogP contribution in [-0.4, -0.2) is 30.1 Å². The van der Waals surface area contributed by atoms with Gasteiger partial charge < -0.3 is 10.6 Å². The molecule has 1 heterocycles. The van der Waals surface area contributed by atoms with Crippen LogP contribution in [-0.2, 0) is 0 Å². The van der Waals surface area contributed by atoms with E-state index in [9.17, 15) is 0 Å². The third-order valence-electron chi connectivity index (χ3n) is 6.19. The van der Waals surface area contributed by atoms with E-state index in [2.05, 4.69) is 32.6 Å². The Hall–Kier alpha value is -0.0800. The molecule has 1 saturated heterocycles. The van der Waals surface area contributed by atoms with Crippen LogP contribution in [0.5, 0.6) is 0 Å². The first-order valence-electron chi connectivity index (χ1n) is 8.26. The fourth-order valence-corrected chi connectivity index (χ4v) is 3.75. The fraction of sp³-hybridized carbons (Fsp3) is 1.00. The minimum Gasteiger partial charge on any atom is -0.325 e. The maximum absolute atomic E-state index is 6.34. The number of hydrogen-bond acceptors (Lipinski definition) is 2. The van der Waals surface area contributed by atoms with E-state index in [-0.39, 0.29) is 11.0 Å². The highest BCUT2D eigenvalue weighted by atomic mass is 15.1. The number of likely N-dealkylation sites (tertiary alicyclic amines) is 1. The topological polar surface area (TPSA) is 29.3 Å². The second-order valence-electron chi connectivity index (χ2n) is 8.44. The summed E-state index contributed by atoms with van der Waals surface area (Å²) < 4.78 is 0.